The summed E-state index contributed by atoms with van der Waals surface area (Å²) in [5.74, 6) is 0.746. The Labute approximate surface area is 171 Å². The first-order chi connectivity index (χ1) is 13.5. The highest BCUT2D eigenvalue weighted by Crippen LogP contribution is 2.42. The van der Waals surface area contributed by atoms with Gasteiger partial charge in [0.05, 0.1) is 13.0 Å². The lowest BCUT2D eigenvalue weighted by atomic mass is 9.74. The molecule has 2 aromatic rings. The van der Waals surface area contributed by atoms with Crippen molar-refractivity contribution in [1.29, 1.82) is 0 Å². The van der Waals surface area contributed by atoms with Gasteiger partial charge >= 0.3 is 0 Å². The van der Waals surface area contributed by atoms with Crippen LogP contribution in [0, 0.1) is 0 Å². The number of carbonyl (C=O) groups is 2. The minimum Gasteiger partial charge on any atom is -0.494 e. The van der Waals surface area contributed by atoms with E-state index < -0.39 is 5.54 Å². The van der Waals surface area contributed by atoms with E-state index in [1.807, 2.05) is 49.4 Å². The van der Waals surface area contributed by atoms with Crippen molar-refractivity contribution < 1.29 is 14.3 Å². The minimum absolute atomic E-state index is 0.0643. The van der Waals surface area contributed by atoms with Crippen LogP contribution in [0.15, 0.2) is 48.5 Å². The lowest BCUT2D eigenvalue weighted by Crippen LogP contribution is -2.54. The van der Waals surface area contributed by atoms with Crippen LogP contribution < -0.4 is 4.74 Å². The zero-order chi connectivity index (χ0) is 20.1. The third-order valence-electron chi connectivity index (χ3n) is 5.51. The second-order valence-corrected chi connectivity index (χ2v) is 7.58. The van der Waals surface area contributed by atoms with Gasteiger partial charge in [0, 0.05) is 24.1 Å². The largest absolute Gasteiger partial charge is 0.494 e. The molecule has 1 amide bonds. The van der Waals surface area contributed by atoms with Crippen LogP contribution in [0.5, 0.6) is 5.75 Å². The Morgan fingerprint density at radius 1 is 1.14 bits per heavy atom. The lowest BCUT2D eigenvalue weighted by molar-refractivity contribution is -0.147. The van der Waals surface area contributed by atoms with Crippen LogP contribution in [0.3, 0.4) is 0 Å². The fourth-order valence-electron chi connectivity index (χ4n) is 4.01. The Morgan fingerprint density at radius 2 is 1.86 bits per heavy atom. The van der Waals surface area contributed by atoms with E-state index >= 15 is 0 Å². The summed E-state index contributed by atoms with van der Waals surface area (Å²) in [7, 11) is 1.73. The molecule has 1 aliphatic rings. The molecule has 1 fully saturated rings. The molecule has 148 valence electrons. The van der Waals surface area contributed by atoms with Gasteiger partial charge in [-0.15, -0.1) is 0 Å². The maximum Gasteiger partial charge on any atom is 0.227 e. The molecule has 0 bridgehead atoms. The van der Waals surface area contributed by atoms with Gasteiger partial charge < -0.3 is 9.64 Å². The lowest BCUT2D eigenvalue weighted by Gasteiger charge is -2.44. The van der Waals surface area contributed by atoms with Gasteiger partial charge in [-0.25, -0.2) is 0 Å². The van der Waals surface area contributed by atoms with Crippen LogP contribution in [0.1, 0.15) is 43.7 Å². The maximum atomic E-state index is 13.2. The van der Waals surface area contributed by atoms with Crippen molar-refractivity contribution in [1.82, 2.24) is 4.90 Å². The number of carbonyl (C=O) groups excluding carboxylic acids is 2. The molecule has 0 saturated heterocycles. The Bertz CT molecular complexity index is 849. The SMILES string of the molecule is CCOc1ccc(CC(=O)N(C)C2(c3ccccc3Cl)CCCCC2=O)cc1. The number of halogens is 1. The molecular weight excluding hydrogens is 374 g/mol. The van der Waals surface area contributed by atoms with E-state index in [2.05, 4.69) is 0 Å². The van der Waals surface area contributed by atoms with E-state index in [1.54, 1.807) is 18.0 Å². The van der Waals surface area contributed by atoms with Gasteiger partial charge in [-0.2, -0.15) is 0 Å². The van der Waals surface area contributed by atoms with Crippen molar-refractivity contribution >= 4 is 23.3 Å². The van der Waals surface area contributed by atoms with Gasteiger partial charge in [0.2, 0.25) is 5.91 Å². The van der Waals surface area contributed by atoms with E-state index in [0.717, 1.165) is 29.7 Å². The molecule has 0 aliphatic heterocycles. The molecule has 0 spiro atoms. The van der Waals surface area contributed by atoms with Gasteiger partial charge in [-0.05, 0) is 49.9 Å². The van der Waals surface area contributed by atoms with E-state index in [0.29, 0.717) is 24.5 Å². The monoisotopic (exact) mass is 399 g/mol. The van der Waals surface area contributed by atoms with Crippen molar-refractivity contribution in [3.8, 4) is 5.75 Å². The molecule has 3 rings (SSSR count). The molecule has 1 aliphatic carbocycles. The molecule has 5 heteroatoms. The van der Waals surface area contributed by atoms with Crippen LogP contribution >= 0.6 is 11.6 Å². The molecule has 2 aromatic carbocycles. The summed E-state index contributed by atoms with van der Waals surface area (Å²) in [5, 5.41) is 0.526. The zero-order valence-electron chi connectivity index (χ0n) is 16.4. The van der Waals surface area contributed by atoms with Gasteiger partial charge in [0.15, 0.2) is 5.78 Å². The third kappa shape index (κ3) is 3.93. The van der Waals surface area contributed by atoms with Crippen LogP contribution in [0.2, 0.25) is 5.02 Å². The average Bonchev–Trinajstić information content (AvgIpc) is 2.70. The summed E-state index contributed by atoms with van der Waals surface area (Å²) in [6.07, 6.45) is 3.03. The first kappa shape index (κ1) is 20.4. The summed E-state index contributed by atoms with van der Waals surface area (Å²) >= 11 is 6.46. The first-order valence-corrected chi connectivity index (χ1v) is 10.1. The summed E-state index contributed by atoms with van der Waals surface area (Å²) in [6, 6.07) is 14.9. The van der Waals surface area contributed by atoms with Crippen molar-refractivity contribution in [2.24, 2.45) is 0 Å². The Morgan fingerprint density at radius 3 is 2.50 bits per heavy atom. The van der Waals surface area contributed by atoms with Crippen molar-refractivity contribution in [3.05, 3.63) is 64.7 Å². The molecule has 1 saturated carbocycles. The molecule has 0 N–H and O–H groups in total. The number of hydrogen-bond donors (Lipinski definition) is 0. The molecule has 0 heterocycles. The normalized spacial score (nSPS) is 19.3. The van der Waals surface area contributed by atoms with Crippen molar-refractivity contribution in [3.63, 3.8) is 0 Å². The maximum absolute atomic E-state index is 13.2. The van der Waals surface area contributed by atoms with Gasteiger partial charge in [0.25, 0.3) is 0 Å². The fraction of sp³-hybridized carbons (Fsp3) is 0.391. The number of ether oxygens (including phenoxy) is 1. The van der Waals surface area contributed by atoms with E-state index in [4.69, 9.17) is 16.3 Å². The number of rotatable bonds is 6. The Balaban J connectivity index is 1.89. The van der Waals surface area contributed by atoms with E-state index in [9.17, 15) is 9.59 Å². The number of ketones is 1. The number of hydrogen-bond acceptors (Lipinski definition) is 3. The van der Waals surface area contributed by atoms with E-state index in [1.165, 1.54) is 0 Å². The third-order valence-corrected chi connectivity index (χ3v) is 5.84. The second kappa shape index (κ2) is 8.78. The standard InChI is InChI=1S/C23H26ClNO3/c1-3-28-18-13-11-17(12-14-18)16-22(27)25(2)23(15-7-6-10-21(23)26)19-8-4-5-9-20(19)24/h4-5,8-9,11-14H,3,6-7,10,15-16H2,1-2H3. The second-order valence-electron chi connectivity index (χ2n) is 7.18. The highest BCUT2D eigenvalue weighted by Gasteiger charge is 2.47. The Hall–Kier alpha value is -2.33. The summed E-state index contributed by atoms with van der Waals surface area (Å²) in [6.45, 7) is 2.53. The highest BCUT2D eigenvalue weighted by molar-refractivity contribution is 6.31. The number of amides is 1. The molecule has 4 nitrogen and oxygen atoms in total. The quantitative estimate of drug-likeness (QED) is 0.702. The van der Waals surface area contributed by atoms with Gasteiger partial charge in [-0.3, -0.25) is 9.59 Å². The molecule has 1 atom stereocenters. The average molecular weight is 400 g/mol. The number of benzene rings is 2. The Kier molecular flexibility index (Phi) is 6.40. The molecule has 0 radical (unpaired) electrons. The van der Waals surface area contributed by atoms with Gasteiger partial charge in [-0.1, -0.05) is 41.9 Å². The fourth-order valence-corrected chi connectivity index (χ4v) is 4.30. The zero-order valence-corrected chi connectivity index (χ0v) is 17.2. The summed E-state index contributed by atoms with van der Waals surface area (Å²) in [4.78, 5) is 27.9. The van der Waals surface area contributed by atoms with E-state index in [-0.39, 0.29) is 18.1 Å². The number of likely N-dealkylation sites (N-methyl/N-ethyl adjacent to an activating group) is 1. The molecular formula is C23H26ClNO3. The number of Topliss-reactive ketones (excluding diaryl/α,β-unsaturated/α-hetero) is 1. The summed E-state index contributed by atoms with van der Waals surface area (Å²) < 4.78 is 5.45. The summed E-state index contributed by atoms with van der Waals surface area (Å²) in [5.41, 5.74) is 0.626. The highest BCUT2D eigenvalue weighted by atomic mass is 35.5. The molecule has 0 aromatic heterocycles. The predicted molar refractivity (Wildman–Crippen MR) is 111 cm³/mol. The van der Waals surface area contributed by atoms with Crippen LogP contribution in [0.4, 0.5) is 0 Å². The van der Waals surface area contributed by atoms with Crippen molar-refractivity contribution in [2.45, 2.75) is 44.6 Å². The first-order valence-electron chi connectivity index (χ1n) is 9.75. The van der Waals surface area contributed by atoms with Crippen LogP contribution in [-0.2, 0) is 21.5 Å². The smallest absolute Gasteiger partial charge is 0.227 e. The van der Waals surface area contributed by atoms with Crippen LogP contribution in [-0.4, -0.2) is 30.2 Å². The van der Waals surface area contributed by atoms with Gasteiger partial charge in [0.1, 0.15) is 11.3 Å². The predicted octanol–water partition coefficient (Wildman–Crippen LogP) is 4.78. The molecule has 28 heavy (non-hydrogen) atoms. The number of nitrogens with zero attached hydrogens (tertiary/aromatic N) is 1. The van der Waals surface area contributed by atoms with Crippen LogP contribution in [0.25, 0.3) is 0 Å². The van der Waals surface area contributed by atoms with Crippen molar-refractivity contribution in [2.75, 3.05) is 13.7 Å². The molecule has 1 unspecified atom stereocenters. The minimum atomic E-state index is -0.987. The topological polar surface area (TPSA) is 46.6 Å².